The van der Waals surface area contributed by atoms with E-state index in [4.69, 9.17) is 11.6 Å². The van der Waals surface area contributed by atoms with Crippen LogP contribution in [0.3, 0.4) is 0 Å². The molecule has 0 aliphatic carbocycles. The molecule has 0 aliphatic rings. The quantitative estimate of drug-likeness (QED) is 0.589. The molecule has 0 spiro atoms. The maximum atomic E-state index is 12.2. The number of hydrogen-bond acceptors (Lipinski definition) is 3. The van der Waals surface area contributed by atoms with Crippen LogP contribution in [0.2, 0.25) is 5.02 Å². The van der Waals surface area contributed by atoms with Crippen LogP contribution in [0.25, 0.3) is 0 Å². The van der Waals surface area contributed by atoms with Crippen LogP contribution in [-0.2, 0) is 11.3 Å². The lowest BCUT2D eigenvalue weighted by atomic mass is 10.0. The van der Waals surface area contributed by atoms with Crippen molar-refractivity contribution in [3.8, 4) is 6.07 Å². The average Bonchev–Trinajstić information content (AvgIpc) is 2.60. The van der Waals surface area contributed by atoms with Gasteiger partial charge in [-0.25, -0.2) is 0 Å². The lowest BCUT2D eigenvalue weighted by molar-refractivity contribution is -0.112. The van der Waals surface area contributed by atoms with Gasteiger partial charge in [0, 0.05) is 23.5 Å². The van der Waals surface area contributed by atoms with Gasteiger partial charge in [-0.1, -0.05) is 55.8 Å². The summed E-state index contributed by atoms with van der Waals surface area (Å²) in [4.78, 5) is 12.2. The number of rotatable bonds is 6. The molecule has 5 heteroatoms. The Morgan fingerprint density at radius 2 is 1.88 bits per heavy atom. The number of amides is 1. The molecule has 0 saturated carbocycles. The zero-order chi connectivity index (χ0) is 18.2. The largest absolute Gasteiger partial charge is 0.386 e. The molecule has 2 aromatic carbocycles. The van der Waals surface area contributed by atoms with E-state index in [1.165, 1.54) is 11.8 Å². The molecule has 1 amide bonds. The molecule has 0 aliphatic heterocycles. The molecule has 0 unspecified atom stereocenters. The van der Waals surface area contributed by atoms with E-state index in [9.17, 15) is 10.1 Å². The van der Waals surface area contributed by atoms with Gasteiger partial charge in [-0.2, -0.15) is 5.26 Å². The van der Waals surface area contributed by atoms with Gasteiger partial charge in [0.05, 0.1) is 0 Å². The summed E-state index contributed by atoms with van der Waals surface area (Å²) >= 11 is 6.07. The van der Waals surface area contributed by atoms with Crippen LogP contribution < -0.4 is 10.6 Å². The fourth-order valence-electron chi connectivity index (χ4n) is 2.20. The zero-order valence-corrected chi connectivity index (χ0v) is 15.0. The average molecular weight is 354 g/mol. The van der Waals surface area contributed by atoms with E-state index in [0.29, 0.717) is 23.2 Å². The van der Waals surface area contributed by atoms with Crippen molar-refractivity contribution in [3.63, 3.8) is 0 Å². The van der Waals surface area contributed by atoms with Gasteiger partial charge in [-0.05, 0) is 35.2 Å². The Balaban J connectivity index is 1.98. The Labute approximate surface area is 153 Å². The lowest BCUT2D eigenvalue weighted by Crippen LogP contribution is -2.16. The summed E-state index contributed by atoms with van der Waals surface area (Å²) in [5.41, 5.74) is 2.74. The number of nitrogens with zero attached hydrogens (tertiary/aromatic N) is 1. The lowest BCUT2D eigenvalue weighted by Gasteiger charge is -2.08. The normalized spacial score (nSPS) is 11.1. The number of carbonyl (C=O) groups is 1. The van der Waals surface area contributed by atoms with E-state index in [-0.39, 0.29) is 5.57 Å². The third-order valence-corrected chi connectivity index (χ3v) is 4.07. The summed E-state index contributed by atoms with van der Waals surface area (Å²) < 4.78 is 0. The van der Waals surface area contributed by atoms with E-state index < -0.39 is 5.91 Å². The van der Waals surface area contributed by atoms with Crippen molar-refractivity contribution >= 4 is 23.2 Å². The SMILES string of the molecule is CC(C)c1ccc(NC(=O)/C(C#N)=C\NCc2ccccc2Cl)cc1. The molecule has 0 heterocycles. The van der Waals surface area contributed by atoms with Gasteiger partial charge >= 0.3 is 0 Å². The van der Waals surface area contributed by atoms with Gasteiger partial charge < -0.3 is 10.6 Å². The molecule has 0 radical (unpaired) electrons. The van der Waals surface area contributed by atoms with Gasteiger partial charge in [-0.3, -0.25) is 4.79 Å². The molecule has 2 aromatic rings. The van der Waals surface area contributed by atoms with Gasteiger partial charge in [0.15, 0.2) is 0 Å². The second kappa shape index (κ2) is 8.91. The Hall–Kier alpha value is -2.77. The monoisotopic (exact) mass is 353 g/mol. The third-order valence-electron chi connectivity index (χ3n) is 3.70. The molecule has 0 bridgehead atoms. The van der Waals surface area contributed by atoms with E-state index in [1.807, 2.05) is 48.5 Å². The number of nitriles is 1. The van der Waals surface area contributed by atoms with Gasteiger partial charge in [0.1, 0.15) is 11.6 Å². The Morgan fingerprint density at radius 1 is 1.20 bits per heavy atom. The summed E-state index contributed by atoms with van der Waals surface area (Å²) in [6.45, 7) is 4.64. The standard InChI is InChI=1S/C20H20ClN3O/c1-14(2)15-7-9-18(10-8-15)24-20(25)17(11-22)13-23-12-16-5-3-4-6-19(16)21/h3-10,13-14,23H,12H2,1-2H3,(H,24,25)/b17-13-. The Morgan fingerprint density at radius 3 is 2.48 bits per heavy atom. The van der Waals surface area contributed by atoms with Crippen molar-refractivity contribution in [2.24, 2.45) is 0 Å². The molecule has 2 rings (SSSR count). The van der Waals surface area contributed by atoms with Gasteiger partial charge in [-0.15, -0.1) is 0 Å². The summed E-state index contributed by atoms with van der Waals surface area (Å²) in [5, 5.41) is 15.5. The summed E-state index contributed by atoms with van der Waals surface area (Å²) in [7, 11) is 0. The maximum absolute atomic E-state index is 12.2. The van der Waals surface area contributed by atoms with Crippen molar-refractivity contribution in [1.82, 2.24) is 5.32 Å². The second-order valence-corrected chi connectivity index (χ2v) is 6.28. The van der Waals surface area contributed by atoms with Crippen LogP contribution in [0.5, 0.6) is 0 Å². The molecule has 0 atom stereocenters. The molecule has 25 heavy (non-hydrogen) atoms. The predicted molar refractivity (Wildman–Crippen MR) is 101 cm³/mol. The number of carbonyl (C=O) groups excluding carboxylic acids is 1. The van der Waals surface area contributed by atoms with Crippen molar-refractivity contribution in [1.29, 1.82) is 5.26 Å². The number of anilines is 1. The van der Waals surface area contributed by atoms with Crippen molar-refractivity contribution < 1.29 is 4.79 Å². The van der Waals surface area contributed by atoms with Crippen LogP contribution in [0.4, 0.5) is 5.69 Å². The molecule has 0 fully saturated rings. The minimum absolute atomic E-state index is 0.00000955. The van der Waals surface area contributed by atoms with E-state index in [0.717, 1.165) is 5.56 Å². The molecule has 2 N–H and O–H groups in total. The highest BCUT2D eigenvalue weighted by Crippen LogP contribution is 2.17. The first-order chi connectivity index (χ1) is 12.0. The maximum Gasteiger partial charge on any atom is 0.267 e. The van der Waals surface area contributed by atoms with Crippen molar-refractivity contribution in [2.75, 3.05) is 5.32 Å². The first-order valence-electron chi connectivity index (χ1n) is 7.99. The van der Waals surface area contributed by atoms with Crippen molar-refractivity contribution in [3.05, 3.63) is 76.5 Å². The second-order valence-electron chi connectivity index (χ2n) is 5.87. The van der Waals surface area contributed by atoms with Crippen LogP contribution >= 0.6 is 11.6 Å². The Kier molecular flexibility index (Phi) is 6.62. The van der Waals surface area contributed by atoms with Gasteiger partial charge in [0.25, 0.3) is 5.91 Å². The number of halogens is 1. The minimum Gasteiger partial charge on any atom is -0.386 e. The molecule has 0 saturated heterocycles. The highest BCUT2D eigenvalue weighted by Gasteiger charge is 2.09. The summed E-state index contributed by atoms with van der Waals surface area (Å²) in [6.07, 6.45) is 1.40. The Bertz CT molecular complexity index is 804. The van der Waals surface area contributed by atoms with E-state index >= 15 is 0 Å². The van der Waals surface area contributed by atoms with Gasteiger partial charge in [0.2, 0.25) is 0 Å². The van der Waals surface area contributed by atoms with Crippen LogP contribution in [0, 0.1) is 11.3 Å². The van der Waals surface area contributed by atoms with E-state index in [2.05, 4.69) is 24.5 Å². The number of nitrogens with one attached hydrogen (secondary N) is 2. The zero-order valence-electron chi connectivity index (χ0n) is 14.2. The molecule has 128 valence electrons. The topological polar surface area (TPSA) is 64.9 Å². The fraction of sp³-hybridized carbons (Fsp3) is 0.200. The van der Waals surface area contributed by atoms with Crippen LogP contribution in [0.15, 0.2) is 60.3 Å². The molecular weight excluding hydrogens is 334 g/mol. The number of hydrogen-bond donors (Lipinski definition) is 2. The summed E-state index contributed by atoms with van der Waals surface area (Å²) in [6, 6.07) is 16.9. The predicted octanol–water partition coefficient (Wildman–Crippen LogP) is 4.60. The van der Waals surface area contributed by atoms with Crippen molar-refractivity contribution in [2.45, 2.75) is 26.3 Å². The third kappa shape index (κ3) is 5.37. The molecular formula is C20H20ClN3O. The fourth-order valence-corrected chi connectivity index (χ4v) is 2.41. The highest BCUT2D eigenvalue weighted by molar-refractivity contribution is 6.31. The smallest absolute Gasteiger partial charge is 0.267 e. The summed E-state index contributed by atoms with van der Waals surface area (Å²) in [5.74, 6) is -0.0280. The first kappa shape index (κ1) is 18.6. The van der Waals surface area contributed by atoms with E-state index in [1.54, 1.807) is 6.07 Å². The van der Waals surface area contributed by atoms with Crippen LogP contribution in [0.1, 0.15) is 30.9 Å². The number of benzene rings is 2. The molecule has 0 aromatic heterocycles. The highest BCUT2D eigenvalue weighted by atomic mass is 35.5. The first-order valence-corrected chi connectivity index (χ1v) is 8.37. The molecule has 4 nitrogen and oxygen atoms in total. The minimum atomic E-state index is -0.452. The van der Waals surface area contributed by atoms with Crippen LogP contribution in [-0.4, -0.2) is 5.91 Å².